The average Bonchev–Trinajstić information content (AvgIpc) is 2.90. The van der Waals surface area contributed by atoms with Crippen LogP contribution >= 0.6 is 11.3 Å². The Balaban J connectivity index is 2.10. The summed E-state index contributed by atoms with van der Waals surface area (Å²) < 4.78 is 2.24. The normalized spacial score (nSPS) is 10.9. The lowest BCUT2D eigenvalue weighted by Gasteiger charge is -2.06. The molecular weight excluding hydrogens is 218 g/mol. The summed E-state index contributed by atoms with van der Waals surface area (Å²) >= 11 is 1.75. The van der Waals surface area contributed by atoms with Crippen LogP contribution in [0.3, 0.4) is 0 Å². The van der Waals surface area contributed by atoms with Crippen molar-refractivity contribution in [3.63, 3.8) is 0 Å². The van der Waals surface area contributed by atoms with E-state index in [4.69, 9.17) is 0 Å². The molecule has 2 rings (SSSR count). The quantitative estimate of drug-likeness (QED) is 0.861. The molecule has 0 unspecified atom stereocenters. The third-order valence-electron chi connectivity index (χ3n) is 2.52. The number of nitrogens with zero attached hydrogens (tertiary/aromatic N) is 2. The van der Waals surface area contributed by atoms with Crippen LogP contribution in [0.5, 0.6) is 0 Å². The van der Waals surface area contributed by atoms with E-state index < -0.39 is 0 Å². The fraction of sp³-hybridized carbons (Fsp3) is 0.417. The van der Waals surface area contributed by atoms with E-state index in [2.05, 4.69) is 45.5 Å². The van der Waals surface area contributed by atoms with Crippen molar-refractivity contribution < 1.29 is 0 Å². The van der Waals surface area contributed by atoms with Crippen molar-refractivity contribution in [2.75, 3.05) is 7.05 Å². The number of hydrogen-bond acceptors (Lipinski definition) is 3. The van der Waals surface area contributed by atoms with Gasteiger partial charge in [-0.1, -0.05) is 6.92 Å². The topological polar surface area (TPSA) is 29.9 Å². The molecule has 0 aliphatic rings. The third-order valence-corrected chi connectivity index (χ3v) is 3.56. The first kappa shape index (κ1) is 11.4. The summed E-state index contributed by atoms with van der Waals surface area (Å²) in [4.78, 5) is 4.58. The van der Waals surface area contributed by atoms with Gasteiger partial charge in [-0.25, -0.2) is 4.98 Å². The van der Waals surface area contributed by atoms with E-state index in [1.54, 1.807) is 11.3 Å². The molecular formula is C12H17N3S. The summed E-state index contributed by atoms with van der Waals surface area (Å²) in [6.45, 7) is 3.92. The van der Waals surface area contributed by atoms with Gasteiger partial charge in [-0.2, -0.15) is 0 Å². The van der Waals surface area contributed by atoms with Gasteiger partial charge in [-0.15, -0.1) is 11.3 Å². The molecule has 0 spiro atoms. The number of rotatable bonds is 5. The van der Waals surface area contributed by atoms with Gasteiger partial charge >= 0.3 is 0 Å². The first-order chi connectivity index (χ1) is 7.83. The van der Waals surface area contributed by atoms with E-state index in [0.29, 0.717) is 0 Å². The summed E-state index contributed by atoms with van der Waals surface area (Å²) in [5.74, 6) is 0. The van der Waals surface area contributed by atoms with E-state index in [0.717, 1.165) is 25.2 Å². The lowest BCUT2D eigenvalue weighted by Crippen LogP contribution is -2.11. The number of aromatic nitrogens is 2. The van der Waals surface area contributed by atoms with Crippen molar-refractivity contribution in [1.82, 2.24) is 14.9 Å². The van der Waals surface area contributed by atoms with E-state index in [1.165, 1.54) is 10.7 Å². The predicted molar refractivity (Wildman–Crippen MR) is 67.8 cm³/mol. The second kappa shape index (κ2) is 5.27. The Labute approximate surface area is 100 Å². The zero-order chi connectivity index (χ0) is 11.4. The summed E-state index contributed by atoms with van der Waals surface area (Å²) in [6.07, 6.45) is 3.14. The molecule has 16 heavy (non-hydrogen) atoms. The Kier molecular flexibility index (Phi) is 3.74. The summed E-state index contributed by atoms with van der Waals surface area (Å²) in [5.41, 5.74) is 2.46. The van der Waals surface area contributed by atoms with E-state index in [-0.39, 0.29) is 0 Å². The minimum absolute atomic E-state index is 0.876. The molecule has 0 fully saturated rings. The van der Waals surface area contributed by atoms with Crippen LogP contribution in [0.25, 0.3) is 0 Å². The third kappa shape index (κ3) is 2.51. The van der Waals surface area contributed by atoms with Crippen LogP contribution in [0, 0.1) is 0 Å². The van der Waals surface area contributed by atoms with Crippen LogP contribution in [-0.4, -0.2) is 16.6 Å². The second-order valence-electron chi connectivity index (χ2n) is 3.74. The minimum Gasteiger partial charge on any atom is -0.344 e. The van der Waals surface area contributed by atoms with E-state index >= 15 is 0 Å². The molecule has 0 amide bonds. The highest BCUT2D eigenvalue weighted by molar-refractivity contribution is 7.09. The Morgan fingerprint density at radius 2 is 2.38 bits per heavy atom. The Bertz CT molecular complexity index is 445. The molecule has 4 heteroatoms. The fourth-order valence-electron chi connectivity index (χ4n) is 1.70. The zero-order valence-corrected chi connectivity index (χ0v) is 10.5. The highest BCUT2D eigenvalue weighted by Gasteiger charge is 2.04. The van der Waals surface area contributed by atoms with Gasteiger partial charge in [-0.3, -0.25) is 0 Å². The van der Waals surface area contributed by atoms with Gasteiger partial charge in [0.15, 0.2) is 0 Å². The van der Waals surface area contributed by atoms with Crippen molar-refractivity contribution >= 4 is 11.3 Å². The van der Waals surface area contributed by atoms with Crippen LogP contribution in [-0.2, 0) is 19.5 Å². The molecule has 0 saturated heterocycles. The van der Waals surface area contributed by atoms with E-state index in [9.17, 15) is 0 Å². The molecule has 0 aliphatic heterocycles. The van der Waals surface area contributed by atoms with Crippen LogP contribution in [0.2, 0.25) is 0 Å². The maximum Gasteiger partial charge on any atom is 0.0926 e. The monoisotopic (exact) mass is 235 g/mol. The SMILES string of the molecule is CCc1nc(Cn2cccc2CNC)cs1. The highest BCUT2D eigenvalue weighted by Crippen LogP contribution is 2.13. The standard InChI is InChI=1S/C12H17N3S/c1-3-12-14-10(9-16-12)8-15-6-4-5-11(15)7-13-2/h4-6,9,13H,3,7-8H2,1-2H3. The maximum atomic E-state index is 4.58. The molecule has 0 bridgehead atoms. The molecule has 2 heterocycles. The summed E-state index contributed by atoms with van der Waals surface area (Å²) in [5, 5.41) is 6.55. The van der Waals surface area contributed by atoms with Crippen molar-refractivity contribution in [2.45, 2.75) is 26.4 Å². The van der Waals surface area contributed by atoms with Gasteiger partial charge in [0.1, 0.15) is 0 Å². The highest BCUT2D eigenvalue weighted by atomic mass is 32.1. The maximum absolute atomic E-state index is 4.58. The first-order valence-corrected chi connectivity index (χ1v) is 6.43. The molecule has 0 atom stereocenters. The van der Waals surface area contributed by atoms with Gasteiger partial charge < -0.3 is 9.88 Å². The molecule has 0 aliphatic carbocycles. The Morgan fingerprint density at radius 1 is 1.50 bits per heavy atom. The van der Waals surface area contributed by atoms with Gasteiger partial charge in [0.25, 0.3) is 0 Å². The molecule has 1 N–H and O–H groups in total. The fourth-order valence-corrected chi connectivity index (χ4v) is 2.44. The largest absolute Gasteiger partial charge is 0.344 e. The Morgan fingerprint density at radius 3 is 3.06 bits per heavy atom. The molecule has 0 radical (unpaired) electrons. The predicted octanol–water partition coefficient (Wildman–Crippen LogP) is 2.27. The van der Waals surface area contributed by atoms with Crippen LogP contribution in [0.4, 0.5) is 0 Å². The number of hydrogen-bond donors (Lipinski definition) is 1. The number of aryl methyl sites for hydroxylation is 1. The van der Waals surface area contributed by atoms with Gasteiger partial charge in [0.05, 0.1) is 17.2 Å². The molecule has 0 aromatic carbocycles. The molecule has 2 aromatic rings. The molecule has 2 aromatic heterocycles. The first-order valence-electron chi connectivity index (χ1n) is 5.55. The van der Waals surface area contributed by atoms with Crippen LogP contribution in [0.1, 0.15) is 23.3 Å². The van der Waals surface area contributed by atoms with Crippen molar-refractivity contribution in [2.24, 2.45) is 0 Å². The number of thiazole rings is 1. The van der Waals surface area contributed by atoms with Gasteiger partial charge in [0, 0.05) is 23.8 Å². The van der Waals surface area contributed by atoms with Crippen molar-refractivity contribution in [3.05, 3.63) is 40.1 Å². The average molecular weight is 235 g/mol. The molecule has 0 saturated carbocycles. The van der Waals surface area contributed by atoms with Crippen LogP contribution in [0.15, 0.2) is 23.7 Å². The smallest absolute Gasteiger partial charge is 0.0926 e. The minimum atomic E-state index is 0.876. The zero-order valence-electron chi connectivity index (χ0n) is 9.73. The molecule has 3 nitrogen and oxygen atoms in total. The molecule has 86 valence electrons. The second-order valence-corrected chi connectivity index (χ2v) is 4.69. The van der Waals surface area contributed by atoms with Gasteiger partial charge in [0.2, 0.25) is 0 Å². The van der Waals surface area contributed by atoms with Crippen molar-refractivity contribution in [3.8, 4) is 0 Å². The van der Waals surface area contributed by atoms with Crippen LogP contribution < -0.4 is 5.32 Å². The lowest BCUT2D eigenvalue weighted by atomic mass is 10.4. The lowest BCUT2D eigenvalue weighted by molar-refractivity contribution is 0.685. The Hall–Kier alpha value is -1.13. The summed E-state index contributed by atoms with van der Waals surface area (Å²) in [7, 11) is 1.97. The van der Waals surface area contributed by atoms with E-state index in [1.807, 2.05) is 7.05 Å². The van der Waals surface area contributed by atoms with Crippen molar-refractivity contribution in [1.29, 1.82) is 0 Å². The van der Waals surface area contributed by atoms with Gasteiger partial charge in [-0.05, 0) is 25.6 Å². The summed E-state index contributed by atoms with van der Waals surface area (Å²) in [6, 6.07) is 4.23. The number of nitrogens with one attached hydrogen (secondary N) is 1.